The number of amides is 1. The maximum Gasteiger partial charge on any atom is 0.408 e. The number of alkyl carbamates (subject to hydrolysis) is 1. The van der Waals surface area contributed by atoms with Gasteiger partial charge in [-0.2, -0.15) is 8.42 Å². The summed E-state index contributed by atoms with van der Waals surface area (Å²) in [6.45, 7) is 8.04. The Labute approximate surface area is 278 Å². The summed E-state index contributed by atoms with van der Waals surface area (Å²) < 4.78 is 48.5. The molecule has 14 nitrogen and oxygen atoms in total. The lowest BCUT2D eigenvalue weighted by Crippen LogP contribution is -2.49. The summed E-state index contributed by atoms with van der Waals surface area (Å²) in [6, 6.07) is 6.75. The topological polar surface area (TPSA) is 172 Å². The third kappa shape index (κ3) is 6.74. The van der Waals surface area contributed by atoms with Crippen LogP contribution in [-0.4, -0.2) is 72.9 Å². The predicted octanol–water partition coefficient (Wildman–Crippen LogP) is 3.34. The average molecular weight is 685 g/mol. The zero-order chi connectivity index (χ0) is 35.2. The normalized spacial score (nSPS) is 17.0. The Morgan fingerprint density at radius 1 is 1.15 bits per heavy atom. The molecule has 258 valence electrons. The molecule has 2 aromatic heterocycles. The summed E-state index contributed by atoms with van der Waals surface area (Å²) >= 11 is 0. The van der Waals surface area contributed by atoms with Crippen LogP contribution >= 0.6 is 0 Å². The molecule has 2 aliphatic heterocycles. The van der Waals surface area contributed by atoms with Crippen LogP contribution in [0.25, 0.3) is 22.3 Å². The van der Waals surface area contributed by atoms with E-state index in [1.54, 1.807) is 52.8 Å². The van der Waals surface area contributed by atoms with Crippen molar-refractivity contribution in [2.75, 3.05) is 26.4 Å². The van der Waals surface area contributed by atoms with E-state index in [1.807, 2.05) is 25.1 Å². The minimum absolute atomic E-state index is 0.0461. The number of hydrogen-bond donors (Lipinski definition) is 1. The van der Waals surface area contributed by atoms with Gasteiger partial charge in [0.25, 0.3) is 5.56 Å². The molecule has 0 spiro atoms. The maximum absolute atomic E-state index is 13.9. The lowest BCUT2D eigenvalue weighted by Gasteiger charge is -2.35. The van der Waals surface area contributed by atoms with Crippen molar-refractivity contribution in [2.45, 2.75) is 78.4 Å². The van der Waals surface area contributed by atoms with Gasteiger partial charge in [-0.15, -0.1) is 0 Å². The Morgan fingerprint density at radius 2 is 1.88 bits per heavy atom. The minimum atomic E-state index is -3.81. The average Bonchev–Trinajstić information content (AvgIpc) is 3.34. The molecule has 4 heterocycles. The van der Waals surface area contributed by atoms with E-state index in [-0.39, 0.29) is 42.2 Å². The van der Waals surface area contributed by atoms with Crippen LogP contribution in [0.2, 0.25) is 0 Å². The number of rotatable bonds is 10. The first-order valence-corrected chi connectivity index (χ1v) is 17.2. The van der Waals surface area contributed by atoms with E-state index in [0.717, 1.165) is 0 Å². The number of carbonyl (C=O) groups is 3. The number of esters is 2. The van der Waals surface area contributed by atoms with Gasteiger partial charge in [0, 0.05) is 28.6 Å². The standard InChI is InChI=1S/C33H40N4O10S/c1-8-12-48(42,43)47-26-11-10-24-20(21(26)17-36(6)7)13-19-16-37-25(28(19)35-24)14-23-22(29(37)39)18-44-30(40)33(23,9-2)45-27(38)15-34-31(41)46-32(3,4)5/h10-11,13-14H,8-9,12,15-18H2,1-7H3,(H,34,41). The highest BCUT2D eigenvalue weighted by atomic mass is 32.2. The third-order valence-corrected chi connectivity index (χ3v) is 9.28. The van der Waals surface area contributed by atoms with Crippen LogP contribution in [0.1, 0.15) is 69.7 Å². The molecule has 0 aliphatic carbocycles. The lowest BCUT2D eigenvalue weighted by molar-refractivity contribution is -0.188. The molecule has 3 aromatic rings. The van der Waals surface area contributed by atoms with Gasteiger partial charge in [-0.1, -0.05) is 13.8 Å². The number of carbonyl (C=O) groups excluding carboxylic acids is 3. The molecule has 1 unspecified atom stereocenters. The molecule has 0 radical (unpaired) electrons. The van der Waals surface area contributed by atoms with E-state index in [1.165, 1.54) is 4.57 Å². The van der Waals surface area contributed by atoms with Crippen LogP contribution in [0.4, 0.5) is 4.79 Å². The van der Waals surface area contributed by atoms with Gasteiger partial charge in [0.2, 0.25) is 5.60 Å². The van der Waals surface area contributed by atoms with Gasteiger partial charge in [-0.05, 0) is 72.0 Å². The monoisotopic (exact) mass is 684 g/mol. The molecule has 1 atom stereocenters. The van der Waals surface area contributed by atoms with Gasteiger partial charge in [0.05, 0.1) is 34.8 Å². The van der Waals surface area contributed by atoms with E-state index in [4.69, 9.17) is 23.4 Å². The van der Waals surface area contributed by atoms with Crippen LogP contribution in [-0.2, 0) is 59.2 Å². The third-order valence-electron chi connectivity index (χ3n) is 7.94. The van der Waals surface area contributed by atoms with Crippen molar-refractivity contribution in [3.63, 3.8) is 0 Å². The number of pyridine rings is 2. The Morgan fingerprint density at radius 3 is 2.52 bits per heavy atom. The fraction of sp³-hybridized carbons (Fsp3) is 0.485. The number of ether oxygens (including phenoxy) is 3. The van der Waals surface area contributed by atoms with Crippen molar-refractivity contribution in [1.82, 2.24) is 19.8 Å². The van der Waals surface area contributed by atoms with Crippen LogP contribution in [0.5, 0.6) is 5.75 Å². The molecule has 48 heavy (non-hydrogen) atoms. The molecule has 1 aromatic carbocycles. The second-order valence-electron chi connectivity index (χ2n) is 13.1. The minimum Gasteiger partial charge on any atom is -0.457 e. The van der Waals surface area contributed by atoms with Gasteiger partial charge in [-0.3, -0.25) is 9.59 Å². The molecule has 1 N–H and O–H groups in total. The van der Waals surface area contributed by atoms with Crippen molar-refractivity contribution >= 4 is 39.1 Å². The number of benzene rings is 1. The molecule has 0 saturated heterocycles. The predicted molar refractivity (Wildman–Crippen MR) is 175 cm³/mol. The van der Waals surface area contributed by atoms with Gasteiger partial charge < -0.3 is 33.2 Å². The summed E-state index contributed by atoms with van der Waals surface area (Å²) in [6.07, 6.45) is -0.476. The maximum atomic E-state index is 13.9. The fourth-order valence-corrected chi connectivity index (χ4v) is 6.94. The zero-order valence-electron chi connectivity index (χ0n) is 28.1. The highest BCUT2D eigenvalue weighted by Gasteiger charge is 2.50. The number of aromatic nitrogens is 2. The van der Waals surface area contributed by atoms with Gasteiger partial charge >= 0.3 is 28.1 Å². The quantitative estimate of drug-likeness (QED) is 0.147. The number of cyclic esters (lactones) is 1. The van der Waals surface area contributed by atoms with Crippen LogP contribution in [0.3, 0.4) is 0 Å². The van der Waals surface area contributed by atoms with Crippen molar-refractivity contribution < 1.29 is 41.2 Å². The highest BCUT2D eigenvalue weighted by Crippen LogP contribution is 2.42. The van der Waals surface area contributed by atoms with Gasteiger partial charge in [0.15, 0.2) is 0 Å². The molecular formula is C33H40N4O10S. The van der Waals surface area contributed by atoms with E-state index in [0.29, 0.717) is 46.4 Å². The molecular weight excluding hydrogens is 644 g/mol. The van der Waals surface area contributed by atoms with Crippen LogP contribution in [0.15, 0.2) is 29.1 Å². The van der Waals surface area contributed by atoms with E-state index in [2.05, 4.69) is 5.32 Å². The fourth-order valence-electron chi connectivity index (χ4n) is 5.92. The highest BCUT2D eigenvalue weighted by molar-refractivity contribution is 7.87. The first kappa shape index (κ1) is 34.8. The Balaban J connectivity index is 1.56. The van der Waals surface area contributed by atoms with E-state index < -0.39 is 51.5 Å². The Hall–Kier alpha value is -4.50. The molecule has 5 rings (SSSR count). The SMILES string of the molecule is CCCS(=O)(=O)Oc1ccc2nc3c(cc2c1CN(C)C)Cn1c-3cc2c(c1=O)COC(=O)C2(CC)OC(=O)CNC(=O)OC(C)(C)C. The number of nitrogens with zero attached hydrogens (tertiary/aromatic N) is 3. The van der Waals surface area contributed by atoms with Gasteiger partial charge in [-0.25, -0.2) is 14.6 Å². The molecule has 1 amide bonds. The molecule has 0 bridgehead atoms. The molecule has 2 aliphatic rings. The largest absolute Gasteiger partial charge is 0.457 e. The number of fused-ring (bicyclic) bond motifs is 5. The summed E-state index contributed by atoms with van der Waals surface area (Å²) in [4.78, 5) is 59.1. The van der Waals surface area contributed by atoms with Gasteiger partial charge in [0.1, 0.15) is 24.5 Å². The molecule has 0 fully saturated rings. The Bertz CT molecular complexity index is 1980. The summed E-state index contributed by atoms with van der Waals surface area (Å²) in [5.41, 5.74) is -0.0165. The second kappa shape index (κ2) is 12.8. The smallest absolute Gasteiger partial charge is 0.408 e. The van der Waals surface area contributed by atoms with Crippen molar-refractivity contribution in [3.05, 3.63) is 56.9 Å². The van der Waals surface area contributed by atoms with Crippen molar-refractivity contribution in [3.8, 4) is 17.1 Å². The Kier molecular flexibility index (Phi) is 9.32. The second-order valence-corrected chi connectivity index (χ2v) is 14.8. The van der Waals surface area contributed by atoms with Crippen molar-refractivity contribution in [1.29, 1.82) is 0 Å². The van der Waals surface area contributed by atoms with E-state index >= 15 is 0 Å². The first-order valence-electron chi connectivity index (χ1n) is 15.6. The van der Waals surface area contributed by atoms with E-state index in [9.17, 15) is 27.6 Å². The summed E-state index contributed by atoms with van der Waals surface area (Å²) in [7, 11) is -0.101. The molecule has 15 heteroatoms. The summed E-state index contributed by atoms with van der Waals surface area (Å²) in [5, 5.41) is 2.99. The number of nitrogens with one attached hydrogen (secondary N) is 1. The van der Waals surface area contributed by atoms with Crippen LogP contribution < -0.4 is 15.1 Å². The number of hydrogen-bond acceptors (Lipinski definition) is 12. The summed E-state index contributed by atoms with van der Waals surface area (Å²) in [5.74, 6) is -1.68. The van der Waals surface area contributed by atoms with Crippen LogP contribution in [0, 0.1) is 0 Å². The zero-order valence-corrected chi connectivity index (χ0v) is 28.9. The van der Waals surface area contributed by atoms with Crippen molar-refractivity contribution in [2.24, 2.45) is 0 Å². The first-order chi connectivity index (χ1) is 22.5. The molecule has 0 saturated carbocycles. The lowest BCUT2D eigenvalue weighted by atomic mass is 9.85.